The SMILES string of the molecule is Cl.O=C(OCC12CCN(CC1)CC2)c1c[nH]c2cc(O)cc(Cl)c12. The molecule has 3 saturated heterocycles. The van der Waals surface area contributed by atoms with E-state index < -0.39 is 0 Å². The maximum atomic E-state index is 12.5. The van der Waals surface area contributed by atoms with Crippen molar-refractivity contribution in [3.63, 3.8) is 0 Å². The lowest BCUT2D eigenvalue weighted by Gasteiger charge is -2.47. The van der Waals surface area contributed by atoms with Crippen LogP contribution in [0.4, 0.5) is 0 Å². The van der Waals surface area contributed by atoms with Crippen LogP contribution in [0.5, 0.6) is 5.75 Å². The van der Waals surface area contributed by atoms with Crippen LogP contribution in [0.25, 0.3) is 10.9 Å². The molecular weight excluding hydrogens is 351 g/mol. The van der Waals surface area contributed by atoms with E-state index in [-0.39, 0.29) is 29.5 Å². The van der Waals surface area contributed by atoms with Crippen molar-refractivity contribution in [1.82, 2.24) is 9.88 Å². The summed E-state index contributed by atoms with van der Waals surface area (Å²) >= 11 is 6.17. The van der Waals surface area contributed by atoms with E-state index in [2.05, 4.69) is 9.88 Å². The van der Waals surface area contributed by atoms with Crippen LogP contribution >= 0.6 is 24.0 Å². The number of halogens is 2. The van der Waals surface area contributed by atoms with Gasteiger partial charge >= 0.3 is 5.97 Å². The Morgan fingerprint density at radius 3 is 2.62 bits per heavy atom. The number of hydrogen-bond donors (Lipinski definition) is 2. The molecule has 3 aliphatic heterocycles. The number of esters is 1. The first-order valence-corrected chi connectivity index (χ1v) is 8.33. The molecule has 5 rings (SSSR count). The Bertz CT molecular complexity index is 753. The maximum Gasteiger partial charge on any atom is 0.340 e. The van der Waals surface area contributed by atoms with Crippen LogP contribution in [0.15, 0.2) is 18.3 Å². The van der Waals surface area contributed by atoms with E-state index in [1.807, 2.05) is 0 Å². The number of benzene rings is 1. The number of phenols is 1. The van der Waals surface area contributed by atoms with Crippen molar-refractivity contribution in [1.29, 1.82) is 0 Å². The number of aromatic amines is 1. The highest BCUT2D eigenvalue weighted by molar-refractivity contribution is 6.37. The summed E-state index contributed by atoms with van der Waals surface area (Å²) in [6.07, 6.45) is 4.90. The second kappa shape index (κ2) is 6.47. The number of nitrogens with one attached hydrogen (secondary N) is 1. The number of aromatic hydroxyl groups is 1. The minimum Gasteiger partial charge on any atom is -0.508 e. The summed E-state index contributed by atoms with van der Waals surface area (Å²) in [5.41, 5.74) is 1.21. The third kappa shape index (κ3) is 2.96. The molecule has 5 nitrogen and oxygen atoms in total. The van der Waals surface area contributed by atoms with E-state index in [0.717, 1.165) is 38.9 Å². The lowest BCUT2D eigenvalue weighted by Crippen LogP contribution is -2.50. The summed E-state index contributed by atoms with van der Waals surface area (Å²) in [7, 11) is 0. The molecule has 3 aliphatic rings. The summed E-state index contributed by atoms with van der Waals surface area (Å²) in [4.78, 5) is 17.9. The van der Waals surface area contributed by atoms with Crippen LogP contribution in [0.2, 0.25) is 5.02 Å². The zero-order valence-corrected chi connectivity index (χ0v) is 14.8. The van der Waals surface area contributed by atoms with Gasteiger partial charge in [-0.3, -0.25) is 0 Å². The van der Waals surface area contributed by atoms with Crippen LogP contribution in [-0.4, -0.2) is 47.2 Å². The molecule has 3 fully saturated rings. The maximum absolute atomic E-state index is 12.5. The van der Waals surface area contributed by atoms with Gasteiger partial charge in [0.1, 0.15) is 5.75 Å². The van der Waals surface area contributed by atoms with Crippen molar-refractivity contribution in [2.45, 2.75) is 19.3 Å². The smallest absolute Gasteiger partial charge is 0.340 e. The number of rotatable bonds is 3. The van der Waals surface area contributed by atoms with Crippen molar-refractivity contribution < 1.29 is 14.6 Å². The highest BCUT2D eigenvalue weighted by Crippen LogP contribution is 2.40. The van der Waals surface area contributed by atoms with Gasteiger partial charge in [0.25, 0.3) is 0 Å². The lowest BCUT2D eigenvalue weighted by molar-refractivity contribution is -0.0304. The molecular formula is C17H20Cl2N2O3. The Labute approximate surface area is 151 Å². The highest BCUT2D eigenvalue weighted by atomic mass is 35.5. The Morgan fingerprint density at radius 1 is 1.29 bits per heavy atom. The summed E-state index contributed by atoms with van der Waals surface area (Å²) in [5, 5.41) is 10.5. The van der Waals surface area contributed by atoms with Crippen LogP contribution in [-0.2, 0) is 4.74 Å². The predicted molar refractivity (Wildman–Crippen MR) is 95.2 cm³/mol. The molecule has 7 heteroatoms. The molecule has 0 saturated carbocycles. The zero-order chi connectivity index (χ0) is 16.0. The molecule has 1 aromatic heterocycles. The standard InChI is InChI=1S/C17H19ClN2O3.ClH/c18-13-7-11(21)8-14-15(13)12(9-19-14)16(22)23-10-17-1-4-20(5-2-17)6-3-17;/h7-9,19,21H,1-6,10H2;1H. The first-order chi connectivity index (χ1) is 11.1. The number of carbonyl (C=O) groups excluding carboxylic acids is 1. The average Bonchev–Trinajstić information content (AvgIpc) is 2.98. The fourth-order valence-corrected chi connectivity index (χ4v) is 4.09. The van der Waals surface area contributed by atoms with Gasteiger partial charge in [-0.15, -0.1) is 12.4 Å². The number of carbonyl (C=O) groups is 1. The third-order valence-corrected chi connectivity index (χ3v) is 5.62. The second-order valence-corrected chi connectivity index (χ2v) is 7.13. The van der Waals surface area contributed by atoms with Gasteiger partial charge in [-0.25, -0.2) is 4.79 Å². The van der Waals surface area contributed by atoms with E-state index in [9.17, 15) is 9.90 Å². The number of piperidine rings is 3. The molecule has 2 bridgehead atoms. The minimum atomic E-state index is -0.355. The molecule has 130 valence electrons. The predicted octanol–water partition coefficient (Wildman–Crippen LogP) is 3.59. The molecule has 0 amide bonds. The van der Waals surface area contributed by atoms with E-state index in [1.54, 1.807) is 12.3 Å². The van der Waals surface area contributed by atoms with Crippen LogP contribution in [0.3, 0.4) is 0 Å². The number of fused-ring (bicyclic) bond motifs is 4. The lowest BCUT2D eigenvalue weighted by atomic mass is 9.73. The van der Waals surface area contributed by atoms with Gasteiger partial charge in [-0.2, -0.15) is 0 Å². The van der Waals surface area contributed by atoms with E-state index in [0.29, 0.717) is 28.1 Å². The van der Waals surface area contributed by atoms with Gasteiger partial charge in [-0.1, -0.05) is 11.6 Å². The van der Waals surface area contributed by atoms with Gasteiger partial charge in [0, 0.05) is 23.1 Å². The number of H-pyrrole nitrogens is 1. The van der Waals surface area contributed by atoms with Crippen molar-refractivity contribution >= 4 is 40.9 Å². The molecule has 0 atom stereocenters. The molecule has 2 aromatic rings. The normalized spacial score (nSPS) is 25.5. The quantitative estimate of drug-likeness (QED) is 0.810. The van der Waals surface area contributed by atoms with Gasteiger partial charge in [0.05, 0.1) is 22.7 Å². The van der Waals surface area contributed by atoms with Crippen LogP contribution < -0.4 is 0 Å². The van der Waals surface area contributed by atoms with Gasteiger partial charge < -0.3 is 19.7 Å². The largest absolute Gasteiger partial charge is 0.508 e. The van der Waals surface area contributed by atoms with Crippen molar-refractivity contribution in [2.24, 2.45) is 5.41 Å². The Kier molecular flexibility index (Phi) is 4.69. The van der Waals surface area contributed by atoms with Gasteiger partial charge in [-0.05, 0) is 45.0 Å². The topological polar surface area (TPSA) is 65.6 Å². The Balaban J connectivity index is 0.00000169. The minimum absolute atomic E-state index is 0. The molecule has 24 heavy (non-hydrogen) atoms. The zero-order valence-electron chi connectivity index (χ0n) is 13.2. The number of phenolic OH excluding ortho intramolecular Hbond substituents is 1. The van der Waals surface area contributed by atoms with E-state index in [4.69, 9.17) is 16.3 Å². The number of hydrogen-bond acceptors (Lipinski definition) is 4. The molecule has 2 N–H and O–H groups in total. The molecule has 0 aliphatic carbocycles. The van der Waals surface area contributed by atoms with Crippen molar-refractivity contribution in [3.05, 3.63) is 28.9 Å². The third-order valence-electron chi connectivity index (χ3n) is 5.32. The Hall–Kier alpha value is -1.43. The fraction of sp³-hybridized carbons (Fsp3) is 0.471. The monoisotopic (exact) mass is 370 g/mol. The highest BCUT2D eigenvalue weighted by Gasteiger charge is 2.40. The first kappa shape index (κ1) is 17.4. The Morgan fingerprint density at radius 2 is 1.96 bits per heavy atom. The first-order valence-electron chi connectivity index (χ1n) is 7.95. The van der Waals surface area contributed by atoms with Crippen LogP contribution in [0, 0.1) is 5.41 Å². The number of ether oxygens (including phenoxy) is 1. The van der Waals surface area contributed by atoms with E-state index in [1.165, 1.54) is 6.07 Å². The molecule has 0 unspecified atom stereocenters. The summed E-state index contributed by atoms with van der Waals surface area (Å²) in [6.45, 7) is 3.79. The second-order valence-electron chi connectivity index (χ2n) is 6.72. The summed E-state index contributed by atoms with van der Waals surface area (Å²) < 4.78 is 5.64. The summed E-state index contributed by atoms with van der Waals surface area (Å²) in [5.74, 6) is -0.289. The average molecular weight is 371 g/mol. The summed E-state index contributed by atoms with van der Waals surface area (Å²) in [6, 6.07) is 2.98. The number of nitrogens with zero attached hydrogens (tertiary/aromatic N) is 1. The number of aromatic nitrogens is 1. The molecule has 4 heterocycles. The van der Waals surface area contributed by atoms with Gasteiger partial charge in [0.2, 0.25) is 0 Å². The van der Waals surface area contributed by atoms with Crippen LogP contribution in [0.1, 0.15) is 29.6 Å². The molecule has 1 aromatic carbocycles. The van der Waals surface area contributed by atoms with Crippen molar-refractivity contribution in [3.8, 4) is 5.75 Å². The fourth-order valence-electron chi connectivity index (χ4n) is 3.77. The van der Waals surface area contributed by atoms with Gasteiger partial charge in [0.15, 0.2) is 0 Å². The molecule has 0 radical (unpaired) electrons. The molecule has 0 spiro atoms. The van der Waals surface area contributed by atoms with Crippen molar-refractivity contribution in [2.75, 3.05) is 26.2 Å². The van der Waals surface area contributed by atoms with E-state index >= 15 is 0 Å².